The Hall–Kier alpha value is -1.06. The van der Waals surface area contributed by atoms with Crippen molar-refractivity contribution >= 4 is 0 Å². The molecule has 1 saturated carbocycles. The van der Waals surface area contributed by atoms with Crippen molar-refractivity contribution in [3.8, 4) is 5.75 Å². The highest BCUT2D eigenvalue weighted by Gasteiger charge is 2.25. The van der Waals surface area contributed by atoms with E-state index in [0.717, 1.165) is 30.5 Å². The van der Waals surface area contributed by atoms with E-state index < -0.39 is 0 Å². The first-order chi connectivity index (χ1) is 9.09. The Morgan fingerprint density at radius 2 is 2.11 bits per heavy atom. The van der Waals surface area contributed by atoms with Crippen molar-refractivity contribution in [3.05, 3.63) is 29.8 Å². The quantitative estimate of drug-likeness (QED) is 0.782. The van der Waals surface area contributed by atoms with Gasteiger partial charge in [-0.05, 0) is 30.5 Å². The summed E-state index contributed by atoms with van der Waals surface area (Å²) in [4.78, 5) is 0. The maximum atomic E-state index is 5.84. The lowest BCUT2D eigenvalue weighted by molar-refractivity contribution is 0.0510. The summed E-state index contributed by atoms with van der Waals surface area (Å²) in [5.74, 6) is 0.885. The van der Waals surface area contributed by atoms with Crippen LogP contribution < -0.4 is 10.1 Å². The van der Waals surface area contributed by atoms with E-state index in [1.54, 1.807) is 7.11 Å². The lowest BCUT2D eigenvalue weighted by Gasteiger charge is -2.25. The minimum absolute atomic E-state index is 0.182. The van der Waals surface area contributed by atoms with Crippen molar-refractivity contribution in [1.82, 2.24) is 5.32 Å². The van der Waals surface area contributed by atoms with Gasteiger partial charge in [0.2, 0.25) is 0 Å². The fraction of sp³-hybridized carbons (Fsp3) is 0.625. The van der Waals surface area contributed by atoms with Crippen LogP contribution >= 0.6 is 0 Å². The predicted octanol–water partition coefficient (Wildman–Crippen LogP) is 2.99. The molecule has 106 valence electrons. The molecule has 0 unspecified atom stereocenters. The smallest absolute Gasteiger partial charge is 0.119 e. The van der Waals surface area contributed by atoms with Crippen LogP contribution in [0.25, 0.3) is 0 Å². The second kappa shape index (κ2) is 6.40. The number of ether oxygens (including phenoxy) is 2. The van der Waals surface area contributed by atoms with Gasteiger partial charge in [-0.25, -0.2) is 0 Å². The summed E-state index contributed by atoms with van der Waals surface area (Å²) in [5.41, 5.74) is 1.34. The number of hydrogen-bond donors (Lipinski definition) is 1. The van der Waals surface area contributed by atoms with Crippen molar-refractivity contribution in [1.29, 1.82) is 0 Å². The zero-order valence-electron chi connectivity index (χ0n) is 12.2. The van der Waals surface area contributed by atoms with Crippen molar-refractivity contribution in [3.63, 3.8) is 0 Å². The third kappa shape index (κ3) is 5.21. The Morgan fingerprint density at radius 3 is 2.79 bits per heavy atom. The molecule has 2 rings (SSSR count). The standard InChI is InChI=1S/C16H25NO2/c1-16(2,11-17-14-7-8-14)12-19-10-13-5-4-6-15(9-13)18-3/h4-6,9,14,17H,7-8,10-12H2,1-3H3. The molecule has 1 aliphatic carbocycles. The molecule has 0 spiro atoms. The van der Waals surface area contributed by atoms with Crippen molar-refractivity contribution < 1.29 is 9.47 Å². The van der Waals surface area contributed by atoms with Crippen molar-refractivity contribution in [2.24, 2.45) is 5.41 Å². The first-order valence-electron chi connectivity index (χ1n) is 7.03. The Labute approximate surface area is 116 Å². The molecule has 1 N–H and O–H groups in total. The van der Waals surface area contributed by atoms with E-state index in [-0.39, 0.29) is 5.41 Å². The number of nitrogens with one attached hydrogen (secondary N) is 1. The Balaban J connectivity index is 1.71. The molecular weight excluding hydrogens is 238 g/mol. The van der Waals surface area contributed by atoms with E-state index in [2.05, 4.69) is 25.2 Å². The highest BCUT2D eigenvalue weighted by molar-refractivity contribution is 5.27. The molecule has 3 nitrogen and oxygen atoms in total. The van der Waals surface area contributed by atoms with Gasteiger partial charge < -0.3 is 14.8 Å². The van der Waals surface area contributed by atoms with Crippen LogP contribution in [0.1, 0.15) is 32.3 Å². The van der Waals surface area contributed by atoms with Crippen LogP contribution in [-0.4, -0.2) is 26.3 Å². The van der Waals surface area contributed by atoms with Crippen LogP contribution in [-0.2, 0) is 11.3 Å². The molecule has 0 bridgehead atoms. The maximum absolute atomic E-state index is 5.84. The lowest BCUT2D eigenvalue weighted by Crippen LogP contribution is -2.34. The zero-order valence-corrected chi connectivity index (χ0v) is 12.2. The first-order valence-corrected chi connectivity index (χ1v) is 7.03. The Morgan fingerprint density at radius 1 is 1.32 bits per heavy atom. The summed E-state index contributed by atoms with van der Waals surface area (Å²) in [5, 5.41) is 3.56. The van der Waals surface area contributed by atoms with Gasteiger partial charge in [0.25, 0.3) is 0 Å². The van der Waals surface area contributed by atoms with Gasteiger partial charge in [-0.15, -0.1) is 0 Å². The summed E-state index contributed by atoms with van der Waals surface area (Å²) in [6.45, 7) is 6.92. The van der Waals surface area contributed by atoms with Gasteiger partial charge in [0.15, 0.2) is 0 Å². The SMILES string of the molecule is COc1cccc(COCC(C)(C)CNC2CC2)c1. The maximum Gasteiger partial charge on any atom is 0.119 e. The van der Waals surface area contributed by atoms with Gasteiger partial charge in [-0.2, -0.15) is 0 Å². The van der Waals surface area contributed by atoms with Crippen LogP contribution in [0.15, 0.2) is 24.3 Å². The number of benzene rings is 1. The second-order valence-corrected chi connectivity index (χ2v) is 6.16. The van der Waals surface area contributed by atoms with Crippen LogP contribution in [0.5, 0.6) is 5.75 Å². The molecule has 0 atom stereocenters. The molecule has 1 fully saturated rings. The van der Waals surface area contributed by atoms with Gasteiger partial charge in [0.05, 0.1) is 20.3 Å². The predicted molar refractivity (Wildman–Crippen MR) is 77.5 cm³/mol. The molecule has 19 heavy (non-hydrogen) atoms. The van der Waals surface area contributed by atoms with Crippen LogP contribution in [0.2, 0.25) is 0 Å². The largest absolute Gasteiger partial charge is 0.497 e. The van der Waals surface area contributed by atoms with E-state index >= 15 is 0 Å². The van der Waals surface area contributed by atoms with E-state index in [1.165, 1.54) is 12.8 Å². The molecule has 3 heteroatoms. The van der Waals surface area contributed by atoms with Gasteiger partial charge in [-0.3, -0.25) is 0 Å². The molecule has 0 heterocycles. The summed E-state index contributed by atoms with van der Waals surface area (Å²) in [6, 6.07) is 8.80. The van der Waals surface area contributed by atoms with E-state index in [4.69, 9.17) is 9.47 Å². The second-order valence-electron chi connectivity index (χ2n) is 6.16. The van der Waals surface area contributed by atoms with Gasteiger partial charge in [0, 0.05) is 18.0 Å². The number of methoxy groups -OCH3 is 1. The molecule has 0 aliphatic heterocycles. The highest BCUT2D eigenvalue weighted by Crippen LogP contribution is 2.22. The summed E-state index contributed by atoms with van der Waals surface area (Å²) in [6.07, 6.45) is 2.67. The third-order valence-electron chi connectivity index (χ3n) is 3.34. The molecule has 0 radical (unpaired) electrons. The van der Waals surface area contributed by atoms with Gasteiger partial charge in [-0.1, -0.05) is 26.0 Å². The lowest BCUT2D eigenvalue weighted by atomic mass is 9.95. The molecule has 0 amide bonds. The molecule has 1 aromatic rings. The van der Waals surface area contributed by atoms with E-state index in [1.807, 2.05) is 18.2 Å². The normalized spacial score (nSPS) is 15.5. The first kappa shape index (κ1) is 14.4. The van der Waals surface area contributed by atoms with Crippen LogP contribution in [0.4, 0.5) is 0 Å². The summed E-state index contributed by atoms with van der Waals surface area (Å²) >= 11 is 0. The molecular formula is C16H25NO2. The monoisotopic (exact) mass is 263 g/mol. The van der Waals surface area contributed by atoms with Crippen LogP contribution in [0.3, 0.4) is 0 Å². The molecule has 1 aliphatic rings. The minimum atomic E-state index is 0.182. The summed E-state index contributed by atoms with van der Waals surface area (Å²) < 4.78 is 11.0. The fourth-order valence-corrected chi connectivity index (χ4v) is 1.97. The third-order valence-corrected chi connectivity index (χ3v) is 3.34. The average Bonchev–Trinajstić information content (AvgIpc) is 3.21. The van der Waals surface area contributed by atoms with E-state index in [9.17, 15) is 0 Å². The van der Waals surface area contributed by atoms with Crippen molar-refractivity contribution in [2.45, 2.75) is 39.3 Å². The van der Waals surface area contributed by atoms with Gasteiger partial charge >= 0.3 is 0 Å². The van der Waals surface area contributed by atoms with Crippen LogP contribution in [0, 0.1) is 5.41 Å². The number of hydrogen-bond acceptors (Lipinski definition) is 3. The minimum Gasteiger partial charge on any atom is -0.497 e. The van der Waals surface area contributed by atoms with E-state index in [0.29, 0.717) is 6.61 Å². The Bertz CT molecular complexity index is 399. The zero-order chi connectivity index (χ0) is 13.7. The Kier molecular flexibility index (Phi) is 4.83. The average molecular weight is 263 g/mol. The highest BCUT2D eigenvalue weighted by atomic mass is 16.5. The van der Waals surface area contributed by atoms with Gasteiger partial charge in [0.1, 0.15) is 5.75 Å². The molecule has 0 aromatic heterocycles. The molecule has 1 aromatic carbocycles. The number of rotatable bonds is 8. The fourth-order valence-electron chi connectivity index (χ4n) is 1.97. The topological polar surface area (TPSA) is 30.5 Å². The van der Waals surface area contributed by atoms with Crippen molar-refractivity contribution in [2.75, 3.05) is 20.3 Å². The summed E-state index contributed by atoms with van der Waals surface area (Å²) in [7, 11) is 1.69. The molecule has 0 saturated heterocycles.